The smallest absolute Gasteiger partial charge is 0.338 e. The molecule has 216 valence electrons. The number of carbonyl (C=O) groups is 1. The van der Waals surface area contributed by atoms with E-state index in [0.29, 0.717) is 52.2 Å². The van der Waals surface area contributed by atoms with Crippen molar-refractivity contribution >= 4 is 55.2 Å². The first kappa shape index (κ1) is 29.9. The van der Waals surface area contributed by atoms with Crippen LogP contribution in [0.25, 0.3) is 6.08 Å². The predicted octanol–water partition coefficient (Wildman–Crippen LogP) is 6.05. The minimum Gasteiger partial charge on any atom is -0.496 e. The first-order valence-electron chi connectivity index (χ1n) is 12.9. The molecule has 1 unspecified atom stereocenters. The number of fused-ring (bicyclic) bond motifs is 1. The summed E-state index contributed by atoms with van der Waals surface area (Å²) < 4.78 is 34.1. The highest BCUT2D eigenvalue weighted by atomic mass is 79.9. The number of thiazole rings is 1. The van der Waals surface area contributed by atoms with Crippen LogP contribution in [0, 0.1) is 5.82 Å². The number of esters is 1. The Balaban J connectivity index is 1.58. The Kier molecular flexibility index (Phi) is 9.10. The number of hydrogen-bond donors (Lipinski definition) is 0. The molecule has 0 saturated carbocycles. The van der Waals surface area contributed by atoms with Gasteiger partial charge in [0, 0.05) is 11.1 Å². The van der Waals surface area contributed by atoms with Crippen molar-refractivity contribution in [2.45, 2.75) is 26.5 Å². The van der Waals surface area contributed by atoms with E-state index in [1.807, 2.05) is 30.3 Å². The fraction of sp³-hybridized carbons (Fsp3) is 0.194. The molecule has 3 aromatic carbocycles. The van der Waals surface area contributed by atoms with Crippen molar-refractivity contribution in [2.24, 2.45) is 4.99 Å². The molecule has 0 saturated heterocycles. The number of ether oxygens (including phenoxy) is 3. The summed E-state index contributed by atoms with van der Waals surface area (Å²) in [6.45, 7) is 3.70. The Morgan fingerprint density at radius 1 is 1.12 bits per heavy atom. The molecule has 0 aliphatic carbocycles. The number of aromatic nitrogens is 1. The zero-order valence-corrected chi connectivity index (χ0v) is 26.8. The van der Waals surface area contributed by atoms with E-state index in [9.17, 15) is 14.0 Å². The molecule has 11 heteroatoms. The van der Waals surface area contributed by atoms with Crippen LogP contribution in [0.2, 0.25) is 0 Å². The van der Waals surface area contributed by atoms with Gasteiger partial charge in [0.1, 0.15) is 30.0 Å². The number of hydrogen-bond acceptors (Lipinski definition) is 7. The quantitative estimate of drug-likeness (QED) is 0.208. The van der Waals surface area contributed by atoms with Gasteiger partial charge in [-0.2, -0.15) is 0 Å². The van der Waals surface area contributed by atoms with E-state index in [0.717, 1.165) is 0 Å². The molecule has 0 radical (unpaired) electrons. The summed E-state index contributed by atoms with van der Waals surface area (Å²) in [5.74, 6) is 0.155. The van der Waals surface area contributed by atoms with Gasteiger partial charge in [-0.15, -0.1) is 0 Å². The molecule has 0 spiro atoms. The predicted molar refractivity (Wildman–Crippen MR) is 166 cm³/mol. The summed E-state index contributed by atoms with van der Waals surface area (Å²) in [5, 5.41) is 0. The van der Waals surface area contributed by atoms with Crippen LogP contribution in [0.3, 0.4) is 0 Å². The first-order valence-corrected chi connectivity index (χ1v) is 15.3. The van der Waals surface area contributed by atoms with Crippen LogP contribution in [-0.4, -0.2) is 24.3 Å². The van der Waals surface area contributed by atoms with Crippen molar-refractivity contribution in [1.29, 1.82) is 0 Å². The van der Waals surface area contributed by atoms with Crippen LogP contribution >= 0.6 is 43.2 Å². The van der Waals surface area contributed by atoms with Gasteiger partial charge in [-0.25, -0.2) is 14.2 Å². The Bertz CT molecular complexity index is 1880. The third kappa shape index (κ3) is 5.86. The third-order valence-corrected chi connectivity index (χ3v) is 8.76. The minimum atomic E-state index is -0.786. The van der Waals surface area contributed by atoms with Gasteiger partial charge >= 0.3 is 5.97 Å². The van der Waals surface area contributed by atoms with Gasteiger partial charge < -0.3 is 14.2 Å². The largest absolute Gasteiger partial charge is 0.496 e. The number of allylic oxidation sites excluding steroid dienone is 1. The number of benzene rings is 3. The van der Waals surface area contributed by atoms with Crippen LogP contribution < -0.4 is 24.4 Å². The second-order valence-corrected chi connectivity index (χ2v) is 12.0. The van der Waals surface area contributed by atoms with Crippen molar-refractivity contribution in [3.05, 3.63) is 123 Å². The van der Waals surface area contributed by atoms with E-state index >= 15 is 0 Å². The molecular formula is C31H25Br2FN2O5S. The van der Waals surface area contributed by atoms with E-state index < -0.39 is 12.0 Å². The lowest BCUT2D eigenvalue weighted by Crippen LogP contribution is -2.40. The second-order valence-electron chi connectivity index (χ2n) is 9.24. The van der Waals surface area contributed by atoms with Gasteiger partial charge in [0.2, 0.25) is 0 Å². The van der Waals surface area contributed by atoms with Crippen LogP contribution in [0.1, 0.15) is 36.6 Å². The van der Waals surface area contributed by atoms with E-state index in [1.165, 1.54) is 22.0 Å². The van der Waals surface area contributed by atoms with Crippen molar-refractivity contribution in [1.82, 2.24) is 4.57 Å². The van der Waals surface area contributed by atoms with Gasteiger partial charge in [-0.3, -0.25) is 9.36 Å². The highest BCUT2D eigenvalue weighted by molar-refractivity contribution is 9.11. The highest BCUT2D eigenvalue weighted by Gasteiger charge is 2.35. The van der Waals surface area contributed by atoms with Crippen LogP contribution in [0.5, 0.6) is 11.5 Å². The van der Waals surface area contributed by atoms with E-state index in [2.05, 4.69) is 36.9 Å². The zero-order valence-electron chi connectivity index (χ0n) is 22.8. The van der Waals surface area contributed by atoms with Crippen molar-refractivity contribution < 1.29 is 23.4 Å². The normalized spacial score (nSPS) is 14.8. The Morgan fingerprint density at radius 3 is 2.50 bits per heavy atom. The Hall–Kier alpha value is -3.54. The molecule has 7 nitrogen and oxygen atoms in total. The van der Waals surface area contributed by atoms with Crippen LogP contribution in [0.4, 0.5) is 4.39 Å². The van der Waals surface area contributed by atoms with Gasteiger partial charge in [0.05, 0.1) is 38.5 Å². The van der Waals surface area contributed by atoms with Crippen LogP contribution in [0.15, 0.2) is 90.7 Å². The van der Waals surface area contributed by atoms with Gasteiger partial charge in [-0.1, -0.05) is 47.7 Å². The van der Waals surface area contributed by atoms with E-state index in [1.54, 1.807) is 51.3 Å². The monoisotopic (exact) mass is 714 g/mol. The molecule has 5 rings (SSSR count). The molecule has 1 atom stereocenters. The summed E-state index contributed by atoms with van der Waals surface area (Å²) in [6, 6.07) is 16.5. The number of para-hydroxylation sites is 1. The molecule has 2 heterocycles. The summed E-state index contributed by atoms with van der Waals surface area (Å²) in [5.41, 5.74) is 2.24. The maximum absolute atomic E-state index is 14.1. The Morgan fingerprint density at radius 2 is 1.81 bits per heavy atom. The van der Waals surface area contributed by atoms with Crippen molar-refractivity contribution in [2.75, 3.05) is 13.7 Å². The molecule has 1 aliphatic heterocycles. The summed E-state index contributed by atoms with van der Waals surface area (Å²) in [6.07, 6.45) is 1.75. The molecule has 1 aromatic heterocycles. The number of rotatable bonds is 8. The summed E-state index contributed by atoms with van der Waals surface area (Å²) in [4.78, 5) is 32.2. The van der Waals surface area contributed by atoms with Crippen molar-refractivity contribution in [3.63, 3.8) is 0 Å². The topological polar surface area (TPSA) is 79.1 Å². The second kappa shape index (κ2) is 12.8. The number of carbonyl (C=O) groups excluding carboxylic acids is 1. The van der Waals surface area contributed by atoms with Gasteiger partial charge in [0.25, 0.3) is 5.56 Å². The van der Waals surface area contributed by atoms with Gasteiger partial charge in [0.15, 0.2) is 4.80 Å². The molecule has 4 aromatic rings. The summed E-state index contributed by atoms with van der Waals surface area (Å²) >= 11 is 8.31. The number of nitrogens with zero attached hydrogens (tertiary/aromatic N) is 2. The van der Waals surface area contributed by atoms with Crippen molar-refractivity contribution in [3.8, 4) is 11.5 Å². The average Bonchev–Trinajstić information content (AvgIpc) is 3.26. The fourth-order valence-corrected chi connectivity index (χ4v) is 7.19. The molecular weight excluding hydrogens is 691 g/mol. The lowest BCUT2D eigenvalue weighted by molar-refractivity contribution is -0.139. The average molecular weight is 716 g/mol. The summed E-state index contributed by atoms with van der Waals surface area (Å²) in [7, 11) is 1.54. The zero-order chi connectivity index (χ0) is 30.0. The molecule has 42 heavy (non-hydrogen) atoms. The molecule has 1 aliphatic rings. The lowest BCUT2D eigenvalue weighted by atomic mass is 9.95. The van der Waals surface area contributed by atoms with Gasteiger partial charge in [-0.05, 0) is 81.6 Å². The SMILES string of the molecule is CCOC(=O)C1=C(C)N=c2s/c(=C/c3cc(Br)c(OCc4ccccc4F)c(Br)c3)c(=O)n2C1c1ccccc1OC. The molecule has 0 N–H and O–H groups in total. The van der Waals surface area contributed by atoms with E-state index in [4.69, 9.17) is 14.2 Å². The molecule has 0 fully saturated rings. The standard InChI is InChI=1S/C31H25Br2FN2O5S/c1-4-40-30(38)26-17(2)35-31-36(27(26)20-10-6-8-12-24(20)39-3)29(37)25(42-31)15-18-13-21(32)28(22(33)14-18)41-16-19-9-5-7-11-23(19)34/h5-15,27H,4,16H2,1-3H3/b25-15+. The maximum Gasteiger partial charge on any atom is 0.338 e. The molecule has 0 amide bonds. The fourth-order valence-electron chi connectivity index (χ4n) is 4.70. The first-order chi connectivity index (χ1) is 20.2. The number of halogens is 3. The minimum absolute atomic E-state index is 0.0485. The third-order valence-electron chi connectivity index (χ3n) is 6.60. The molecule has 0 bridgehead atoms. The van der Waals surface area contributed by atoms with Crippen LogP contribution in [-0.2, 0) is 16.1 Å². The maximum atomic E-state index is 14.1. The lowest BCUT2D eigenvalue weighted by Gasteiger charge is -2.25. The Labute approximate surface area is 261 Å². The van der Waals surface area contributed by atoms with E-state index in [-0.39, 0.29) is 30.2 Å². The number of methoxy groups -OCH3 is 1. The highest BCUT2D eigenvalue weighted by Crippen LogP contribution is 2.37.